The van der Waals surface area contributed by atoms with Gasteiger partial charge in [0.25, 0.3) is 5.91 Å². The van der Waals surface area contributed by atoms with Crippen molar-refractivity contribution >= 4 is 5.91 Å². The predicted molar refractivity (Wildman–Crippen MR) is 107 cm³/mol. The molecule has 0 aliphatic carbocycles. The third kappa shape index (κ3) is 4.07. The Morgan fingerprint density at radius 2 is 2.14 bits per heavy atom. The second-order valence-corrected chi connectivity index (χ2v) is 7.71. The first kappa shape index (κ1) is 19.3. The van der Waals surface area contributed by atoms with Gasteiger partial charge in [-0.05, 0) is 26.3 Å². The van der Waals surface area contributed by atoms with Crippen molar-refractivity contribution in [1.29, 1.82) is 0 Å². The van der Waals surface area contributed by atoms with E-state index in [9.17, 15) is 4.79 Å². The molecule has 2 aromatic heterocycles. The first-order valence-corrected chi connectivity index (χ1v) is 9.78. The standard InChI is InChI=1S/C21H26N6O2/c1-13-6-5-7-16(8-13)12-29-17-9-19(20-22-15(3)23-24-20)27(10-17)21(28)18-11-26(4)25-14(18)2/h5-8,11,17,19H,9-10,12H2,1-4H3,(H,22,23,24)/t17-,19-/m0/s1. The van der Waals surface area contributed by atoms with Gasteiger partial charge in [-0.25, -0.2) is 4.98 Å². The molecule has 0 bridgehead atoms. The number of benzene rings is 1. The molecule has 8 heteroatoms. The molecule has 29 heavy (non-hydrogen) atoms. The molecule has 4 rings (SSSR count). The lowest BCUT2D eigenvalue weighted by atomic mass is 10.1. The molecule has 1 aromatic carbocycles. The number of rotatable bonds is 5. The average Bonchev–Trinajstić information content (AvgIpc) is 3.38. The van der Waals surface area contributed by atoms with Gasteiger partial charge in [0.05, 0.1) is 30.0 Å². The first-order valence-electron chi connectivity index (χ1n) is 9.78. The second kappa shape index (κ2) is 7.79. The minimum Gasteiger partial charge on any atom is -0.372 e. The molecule has 0 unspecified atom stereocenters. The summed E-state index contributed by atoms with van der Waals surface area (Å²) < 4.78 is 7.84. The third-order valence-electron chi connectivity index (χ3n) is 5.25. The summed E-state index contributed by atoms with van der Waals surface area (Å²) in [6.45, 7) is 6.78. The van der Waals surface area contributed by atoms with Crippen molar-refractivity contribution in [2.75, 3.05) is 6.54 Å². The number of aromatic nitrogens is 5. The molecule has 1 fully saturated rings. The van der Waals surface area contributed by atoms with Crippen LogP contribution in [0.25, 0.3) is 0 Å². The number of aryl methyl sites for hydroxylation is 4. The number of amides is 1. The van der Waals surface area contributed by atoms with Crippen molar-refractivity contribution in [3.8, 4) is 0 Å². The Bertz CT molecular complexity index is 1020. The van der Waals surface area contributed by atoms with Gasteiger partial charge in [0, 0.05) is 26.2 Å². The zero-order chi connectivity index (χ0) is 20.5. The molecule has 1 saturated heterocycles. The maximum Gasteiger partial charge on any atom is 0.258 e. The number of H-pyrrole nitrogens is 1. The van der Waals surface area contributed by atoms with Crippen LogP contribution < -0.4 is 0 Å². The van der Waals surface area contributed by atoms with E-state index < -0.39 is 0 Å². The lowest BCUT2D eigenvalue weighted by Crippen LogP contribution is -2.32. The molecular formula is C21H26N6O2. The number of hydrogen-bond acceptors (Lipinski definition) is 5. The first-order chi connectivity index (χ1) is 13.9. The molecule has 0 spiro atoms. The molecule has 1 N–H and O–H groups in total. The van der Waals surface area contributed by atoms with Gasteiger partial charge in [-0.2, -0.15) is 10.2 Å². The van der Waals surface area contributed by atoms with Crippen molar-refractivity contribution < 1.29 is 9.53 Å². The third-order valence-corrected chi connectivity index (χ3v) is 5.25. The van der Waals surface area contributed by atoms with Gasteiger partial charge in [-0.15, -0.1) is 0 Å². The highest BCUT2D eigenvalue weighted by Crippen LogP contribution is 2.33. The summed E-state index contributed by atoms with van der Waals surface area (Å²) in [6.07, 6.45) is 2.34. The average molecular weight is 394 g/mol. The van der Waals surface area contributed by atoms with Crippen LogP contribution >= 0.6 is 0 Å². The van der Waals surface area contributed by atoms with Gasteiger partial charge >= 0.3 is 0 Å². The van der Waals surface area contributed by atoms with E-state index in [0.29, 0.717) is 36.7 Å². The van der Waals surface area contributed by atoms with Crippen LogP contribution in [0.3, 0.4) is 0 Å². The topological polar surface area (TPSA) is 88.9 Å². The summed E-state index contributed by atoms with van der Waals surface area (Å²) in [6, 6.07) is 8.04. The van der Waals surface area contributed by atoms with Crippen LogP contribution in [0, 0.1) is 20.8 Å². The predicted octanol–water partition coefficient (Wildman–Crippen LogP) is 2.64. The lowest BCUT2D eigenvalue weighted by Gasteiger charge is -2.22. The van der Waals surface area contributed by atoms with E-state index >= 15 is 0 Å². The molecule has 2 atom stereocenters. The van der Waals surface area contributed by atoms with E-state index in [4.69, 9.17) is 4.74 Å². The Balaban J connectivity index is 1.54. The molecule has 3 aromatic rings. The second-order valence-electron chi connectivity index (χ2n) is 7.71. The number of nitrogens with one attached hydrogen (secondary N) is 1. The van der Waals surface area contributed by atoms with Crippen LogP contribution in [0.1, 0.15) is 51.3 Å². The minimum absolute atomic E-state index is 0.0651. The van der Waals surface area contributed by atoms with Gasteiger partial charge in [0.1, 0.15) is 5.82 Å². The molecule has 1 aliphatic rings. The van der Waals surface area contributed by atoms with E-state index in [-0.39, 0.29) is 18.1 Å². The highest BCUT2D eigenvalue weighted by molar-refractivity contribution is 5.95. The van der Waals surface area contributed by atoms with Crippen LogP contribution in [0.4, 0.5) is 0 Å². The summed E-state index contributed by atoms with van der Waals surface area (Å²) in [5.41, 5.74) is 3.65. The zero-order valence-corrected chi connectivity index (χ0v) is 17.2. The number of hydrogen-bond donors (Lipinski definition) is 1. The van der Waals surface area contributed by atoms with E-state index in [1.165, 1.54) is 5.56 Å². The van der Waals surface area contributed by atoms with Gasteiger partial charge < -0.3 is 9.64 Å². The number of carbonyl (C=O) groups is 1. The normalized spacial score (nSPS) is 19.1. The Kier molecular flexibility index (Phi) is 5.19. The zero-order valence-electron chi connectivity index (χ0n) is 17.2. The molecule has 1 aliphatic heterocycles. The van der Waals surface area contributed by atoms with Crippen molar-refractivity contribution in [2.45, 2.75) is 45.9 Å². The molecular weight excluding hydrogens is 368 g/mol. The fraction of sp³-hybridized carbons (Fsp3) is 0.429. The molecule has 1 amide bonds. The summed E-state index contributed by atoms with van der Waals surface area (Å²) in [7, 11) is 1.82. The van der Waals surface area contributed by atoms with E-state index in [0.717, 1.165) is 11.4 Å². The maximum absolute atomic E-state index is 13.3. The Labute approximate surface area is 169 Å². The quantitative estimate of drug-likeness (QED) is 0.719. The monoisotopic (exact) mass is 394 g/mol. The van der Waals surface area contributed by atoms with E-state index in [2.05, 4.69) is 45.4 Å². The Morgan fingerprint density at radius 3 is 2.79 bits per heavy atom. The van der Waals surface area contributed by atoms with Gasteiger partial charge in [-0.3, -0.25) is 14.6 Å². The molecule has 152 valence electrons. The van der Waals surface area contributed by atoms with Crippen LogP contribution in [-0.4, -0.2) is 48.4 Å². The SMILES string of the molecule is Cc1cccc(CO[C@H]2C[C@@H](c3n[nH]c(C)n3)N(C(=O)c3cn(C)nc3C)C2)c1. The molecule has 0 saturated carbocycles. The largest absolute Gasteiger partial charge is 0.372 e. The summed E-state index contributed by atoms with van der Waals surface area (Å²) in [5, 5.41) is 11.5. The number of nitrogens with zero attached hydrogens (tertiary/aromatic N) is 5. The van der Waals surface area contributed by atoms with Crippen molar-refractivity contribution in [3.05, 3.63) is 64.5 Å². The molecule has 3 heterocycles. The van der Waals surface area contributed by atoms with Crippen LogP contribution in [0.15, 0.2) is 30.5 Å². The van der Waals surface area contributed by atoms with Gasteiger partial charge in [-0.1, -0.05) is 29.8 Å². The smallest absolute Gasteiger partial charge is 0.258 e. The highest BCUT2D eigenvalue weighted by atomic mass is 16.5. The molecule has 8 nitrogen and oxygen atoms in total. The minimum atomic E-state index is -0.227. The van der Waals surface area contributed by atoms with Gasteiger partial charge in [0.2, 0.25) is 0 Å². The van der Waals surface area contributed by atoms with E-state index in [1.807, 2.05) is 31.9 Å². The lowest BCUT2D eigenvalue weighted by molar-refractivity contribution is 0.0437. The summed E-state index contributed by atoms with van der Waals surface area (Å²) >= 11 is 0. The van der Waals surface area contributed by atoms with Crippen LogP contribution in [-0.2, 0) is 18.4 Å². The summed E-state index contributed by atoms with van der Waals surface area (Å²) in [4.78, 5) is 19.6. The Hall–Kier alpha value is -3.00. The van der Waals surface area contributed by atoms with Crippen LogP contribution in [0.2, 0.25) is 0 Å². The number of aromatic amines is 1. The van der Waals surface area contributed by atoms with Crippen LogP contribution in [0.5, 0.6) is 0 Å². The molecule has 0 radical (unpaired) electrons. The number of ether oxygens (including phenoxy) is 1. The summed E-state index contributed by atoms with van der Waals surface area (Å²) in [5.74, 6) is 1.29. The maximum atomic E-state index is 13.3. The van der Waals surface area contributed by atoms with Crippen molar-refractivity contribution in [2.24, 2.45) is 7.05 Å². The van der Waals surface area contributed by atoms with Crippen molar-refractivity contribution in [1.82, 2.24) is 29.9 Å². The number of carbonyl (C=O) groups excluding carboxylic acids is 1. The Morgan fingerprint density at radius 1 is 1.31 bits per heavy atom. The number of likely N-dealkylation sites (tertiary alicyclic amines) is 1. The van der Waals surface area contributed by atoms with E-state index in [1.54, 1.807) is 10.9 Å². The fourth-order valence-electron chi connectivity index (χ4n) is 3.88. The highest BCUT2D eigenvalue weighted by Gasteiger charge is 2.40. The van der Waals surface area contributed by atoms with Crippen molar-refractivity contribution in [3.63, 3.8) is 0 Å². The van der Waals surface area contributed by atoms with Gasteiger partial charge in [0.15, 0.2) is 5.82 Å². The fourth-order valence-corrected chi connectivity index (χ4v) is 3.88.